The van der Waals surface area contributed by atoms with Gasteiger partial charge in [-0.25, -0.2) is 0 Å². The SMILES string of the molecule is CCN(CC(=O)NCC1CCCO1)CC(C)C(=O)O. The minimum absolute atomic E-state index is 0.0741. The van der Waals surface area contributed by atoms with Crippen molar-refractivity contribution in [3.63, 3.8) is 0 Å². The van der Waals surface area contributed by atoms with Gasteiger partial charge in [0.2, 0.25) is 5.91 Å². The molecule has 2 unspecified atom stereocenters. The quantitative estimate of drug-likeness (QED) is 0.665. The van der Waals surface area contributed by atoms with Gasteiger partial charge in [-0.15, -0.1) is 0 Å². The van der Waals surface area contributed by atoms with E-state index in [1.807, 2.05) is 11.8 Å². The van der Waals surface area contributed by atoms with Crippen molar-refractivity contribution in [3.05, 3.63) is 0 Å². The molecule has 1 aliphatic rings. The summed E-state index contributed by atoms with van der Waals surface area (Å²) in [6, 6.07) is 0. The number of hydrogen-bond acceptors (Lipinski definition) is 4. The molecule has 0 aliphatic carbocycles. The fraction of sp³-hybridized carbons (Fsp3) is 0.846. The standard InChI is InChI=1S/C13H24N2O4/c1-3-15(8-10(2)13(17)18)9-12(16)14-7-11-5-4-6-19-11/h10-11H,3-9H2,1-2H3,(H,14,16)(H,17,18). The summed E-state index contributed by atoms with van der Waals surface area (Å²) in [7, 11) is 0. The molecule has 0 radical (unpaired) electrons. The van der Waals surface area contributed by atoms with Gasteiger partial charge in [-0.1, -0.05) is 13.8 Å². The Morgan fingerprint density at radius 1 is 1.53 bits per heavy atom. The summed E-state index contributed by atoms with van der Waals surface area (Å²) in [6.07, 6.45) is 2.18. The van der Waals surface area contributed by atoms with Crippen LogP contribution in [0.2, 0.25) is 0 Å². The first-order valence-corrected chi connectivity index (χ1v) is 6.86. The van der Waals surface area contributed by atoms with Gasteiger partial charge in [-0.05, 0) is 19.4 Å². The predicted octanol–water partition coefficient (Wildman–Crippen LogP) is 0.324. The molecule has 0 aromatic carbocycles. The van der Waals surface area contributed by atoms with Gasteiger partial charge in [0.15, 0.2) is 0 Å². The van der Waals surface area contributed by atoms with Gasteiger partial charge >= 0.3 is 5.97 Å². The van der Waals surface area contributed by atoms with Crippen LogP contribution in [0.15, 0.2) is 0 Å². The van der Waals surface area contributed by atoms with Crippen LogP contribution in [-0.4, -0.2) is 60.8 Å². The lowest BCUT2D eigenvalue weighted by molar-refractivity contribution is -0.142. The van der Waals surface area contributed by atoms with Gasteiger partial charge in [-0.2, -0.15) is 0 Å². The van der Waals surface area contributed by atoms with Crippen molar-refractivity contribution in [1.29, 1.82) is 0 Å². The molecule has 0 saturated carbocycles. The number of aliphatic carboxylic acids is 1. The number of carboxylic acids is 1. The van der Waals surface area contributed by atoms with Crippen molar-refractivity contribution in [2.24, 2.45) is 5.92 Å². The summed E-state index contributed by atoms with van der Waals surface area (Å²) >= 11 is 0. The Labute approximate surface area is 114 Å². The van der Waals surface area contributed by atoms with E-state index in [0.29, 0.717) is 19.6 Å². The molecule has 0 aromatic heterocycles. The summed E-state index contributed by atoms with van der Waals surface area (Å²) in [5, 5.41) is 11.7. The van der Waals surface area contributed by atoms with Crippen molar-refractivity contribution >= 4 is 11.9 Å². The zero-order valence-corrected chi connectivity index (χ0v) is 11.7. The molecule has 2 N–H and O–H groups in total. The van der Waals surface area contributed by atoms with E-state index in [0.717, 1.165) is 19.4 Å². The van der Waals surface area contributed by atoms with Gasteiger partial charge in [0.1, 0.15) is 0 Å². The summed E-state index contributed by atoms with van der Waals surface area (Å²) < 4.78 is 5.42. The van der Waals surface area contributed by atoms with Crippen LogP contribution < -0.4 is 5.32 Å². The zero-order chi connectivity index (χ0) is 14.3. The second kappa shape index (κ2) is 8.12. The monoisotopic (exact) mass is 272 g/mol. The highest BCUT2D eigenvalue weighted by atomic mass is 16.5. The van der Waals surface area contributed by atoms with E-state index in [1.165, 1.54) is 0 Å². The number of carbonyl (C=O) groups is 2. The van der Waals surface area contributed by atoms with Crippen molar-refractivity contribution in [3.8, 4) is 0 Å². The molecule has 1 saturated heterocycles. The van der Waals surface area contributed by atoms with Crippen molar-refractivity contribution in [2.45, 2.75) is 32.8 Å². The van der Waals surface area contributed by atoms with E-state index in [9.17, 15) is 9.59 Å². The number of amides is 1. The molecule has 1 amide bonds. The maximum absolute atomic E-state index is 11.8. The largest absolute Gasteiger partial charge is 0.481 e. The van der Waals surface area contributed by atoms with Gasteiger partial charge in [0.05, 0.1) is 18.6 Å². The molecule has 2 atom stereocenters. The Bertz CT molecular complexity index is 303. The predicted molar refractivity (Wildman–Crippen MR) is 70.9 cm³/mol. The Morgan fingerprint density at radius 3 is 2.79 bits per heavy atom. The molecule has 1 aliphatic heterocycles. The van der Waals surface area contributed by atoms with E-state index in [1.54, 1.807) is 6.92 Å². The first kappa shape index (κ1) is 15.9. The fourth-order valence-electron chi connectivity index (χ4n) is 2.06. The molecule has 110 valence electrons. The third-order valence-electron chi connectivity index (χ3n) is 3.32. The highest BCUT2D eigenvalue weighted by Gasteiger charge is 2.19. The number of hydrogen-bond donors (Lipinski definition) is 2. The Hall–Kier alpha value is -1.14. The molecule has 1 fully saturated rings. The molecule has 0 aromatic rings. The van der Waals surface area contributed by atoms with Crippen LogP contribution >= 0.6 is 0 Å². The van der Waals surface area contributed by atoms with Gasteiger partial charge < -0.3 is 15.2 Å². The fourth-order valence-corrected chi connectivity index (χ4v) is 2.06. The molecule has 1 rings (SSSR count). The van der Waals surface area contributed by atoms with Crippen molar-refractivity contribution in [2.75, 3.05) is 32.8 Å². The molecular formula is C13H24N2O4. The normalized spacial score (nSPS) is 20.5. The lowest BCUT2D eigenvalue weighted by Gasteiger charge is -2.22. The third-order valence-corrected chi connectivity index (χ3v) is 3.32. The summed E-state index contributed by atoms with van der Waals surface area (Å²) in [5.74, 6) is -1.38. The molecule has 0 bridgehead atoms. The number of ether oxygens (including phenoxy) is 1. The average molecular weight is 272 g/mol. The minimum Gasteiger partial charge on any atom is -0.481 e. The van der Waals surface area contributed by atoms with E-state index in [-0.39, 0.29) is 18.6 Å². The highest BCUT2D eigenvalue weighted by molar-refractivity contribution is 5.78. The van der Waals surface area contributed by atoms with Crippen LogP contribution in [0.4, 0.5) is 0 Å². The lowest BCUT2D eigenvalue weighted by atomic mass is 10.1. The van der Waals surface area contributed by atoms with Gasteiger partial charge in [0.25, 0.3) is 0 Å². The van der Waals surface area contributed by atoms with E-state index < -0.39 is 11.9 Å². The lowest BCUT2D eigenvalue weighted by Crippen LogP contribution is -2.42. The number of nitrogens with zero attached hydrogens (tertiary/aromatic N) is 1. The Balaban J connectivity index is 2.25. The topological polar surface area (TPSA) is 78.9 Å². The molecular weight excluding hydrogens is 248 g/mol. The summed E-state index contributed by atoms with van der Waals surface area (Å²) in [5.41, 5.74) is 0. The maximum Gasteiger partial charge on any atom is 0.307 e. The number of rotatable bonds is 8. The van der Waals surface area contributed by atoms with Crippen molar-refractivity contribution < 1.29 is 19.4 Å². The smallest absolute Gasteiger partial charge is 0.307 e. The third kappa shape index (κ3) is 6.02. The molecule has 1 heterocycles. The Kier molecular flexibility index (Phi) is 6.80. The second-order valence-corrected chi connectivity index (χ2v) is 5.01. The molecule has 6 heteroatoms. The van der Waals surface area contributed by atoms with Gasteiger partial charge in [0, 0.05) is 19.7 Å². The molecule has 19 heavy (non-hydrogen) atoms. The average Bonchev–Trinajstić information content (AvgIpc) is 2.88. The minimum atomic E-state index is -0.835. The van der Waals surface area contributed by atoms with E-state index in [4.69, 9.17) is 9.84 Å². The van der Waals surface area contributed by atoms with E-state index >= 15 is 0 Å². The van der Waals surface area contributed by atoms with Crippen LogP contribution in [0.3, 0.4) is 0 Å². The number of nitrogens with one attached hydrogen (secondary N) is 1. The van der Waals surface area contributed by atoms with Gasteiger partial charge in [-0.3, -0.25) is 14.5 Å². The summed E-state index contributed by atoms with van der Waals surface area (Å²) in [6.45, 7) is 6.17. The first-order valence-electron chi connectivity index (χ1n) is 6.86. The number of likely N-dealkylation sites (N-methyl/N-ethyl adjacent to an activating group) is 1. The second-order valence-electron chi connectivity index (χ2n) is 5.01. The number of carboxylic acid groups (broad SMARTS) is 1. The zero-order valence-electron chi connectivity index (χ0n) is 11.7. The Morgan fingerprint density at radius 2 is 2.26 bits per heavy atom. The maximum atomic E-state index is 11.8. The molecule has 6 nitrogen and oxygen atoms in total. The van der Waals surface area contributed by atoms with E-state index in [2.05, 4.69) is 5.32 Å². The van der Waals surface area contributed by atoms with Crippen LogP contribution in [0.5, 0.6) is 0 Å². The van der Waals surface area contributed by atoms with Crippen LogP contribution in [0, 0.1) is 5.92 Å². The highest BCUT2D eigenvalue weighted by Crippen LogP contribution is 2.10. The summed E-state index contributed by atoms with van der Waals surface area (Å²) in [4.78, 5) is 24.4. The molecule has 0 spiro atoms. The first-order chi connectivity index (χ1) is 9.02. The van der Waals surface area contributed by atoms with Crippen molar-refractivity contribution in [1.82, 2.24) is 10.2 Å². The van der Waals surface area contributed by atoms with Crippen LogP contribution in [-0.2, 0) is 14.3 Å². The number of carbonyl (C=O) groups excluding carboxylic acids is 1. The van der Waals surface area contributed by atoms with Crippen LogP contribution in [0.1, 0.15) is 26.7 Å². The van der Waals surface area contributed by atoms with Crippen LogP contribution in [0.25, 0.3) is 0 Å².